The number of carbonyl (C=O) groups is 1. The number of benzene rings is 1. The van der Waals surface area contributed by atoms with Crippen LogP contribution in [0.3, 0.4) is 0 Å². The van der Waals surface area contributed by atoms with Crippen molar-refractivity contribution in [3.05, 3.63) is 35.6 Å². The highest BCUT2D eigenvalue weighted by Crippen LogP contribution is 2.10. The van der Waals surface area contributed by atoms with E-state index >= 15 is 0 Å². The van der Waals surface area contributed by atoms with E-state index in [0.717, 1.165) is 5.56 Å². The van der Waals surface area contributed by atoms with E-state index in [1.807, 2.05) is 0 Å². The molecule has 0 aliphatic carbocycles. The number of hydrogen-bond acceptors (Lipinski definition) is 4. The summed E-state index contributed by atoms with van der Waals surface area (Å²) in [7, 11) is -2.89. The molecule has 2 N–H and O–H groups in total. The van der Waals surface area contributed by atoms with E-state index in [1.54, 1.807) is 12.1 Å². The van der Waals surface area contributed by atoms with E-state index in [9.17, 15) is 17.6 Å². The van der Waals surface area contributed by atoms with Crippen LogP contribution in [-0.2, 0) is 21.2 Å². The van der Waals surface area contributed by atoms with Crippen LogP contribution in [0.5, 0.6) is 0 Å². The second kappa shape index (κ2) is 7.00. The summed E-state index contributed by atoms with van der Waals surface area (Å²) in [5, 5.41) is 5.82. The first kappa shape index (κ1) is 15.9. The Morgan fingerprint density at radius 3 is 2.62 bits per heavy atom. The summed E-state index contributed by atoms with van der Waals surface area (Å²) in [6.07, 6.45) is 0.900. The molecule has 1 aromatic carbocycles. The molecule has 0 bridgehead atoms. The normalized spacial score (nSPS) is 20.3. The highest BCUT2D eigenvalue weighted by Gasteiger charge is 2.27. The molecule has 116 valence electrons. The largest absolute Gasteiger partial charge is 0.352 e. The van der Waals surface area contributed by atoms with Gasteiger partial charge in [0, 0.05) is 25.6 Å². The predicted octanol–water partition coefficient (Wildman–Crippen LogP) is 0.609. The van der Waals surface area contributed by atoms with Crippen molar-refractivity contribution < 1.29 is 17.6 Å². The van der Waals surface area contributed by atoms with Gasteiger partial charge in [0.25, 0.3) is 0 Å². The lowest BCUT2D eigenvalue weighted by Crippen LogP contribution is -2.34. The highest BCUT2D eigenvalue weighted by molar-refractivity contribution is 7.91. The lowest BCUT2D eigenvalue weighted by atomic mass is 10.2. The first-order valence-corrected chi connectivity index (χ1v) is 8.72. The van der Waals surface area contributed by atoms with Gasteiger partial charge >= 0.3 is 0 Å². The Morgan fingerprint density at radius 1 is 1.29 bits per heavy atom. The molecule has 1 aliphatic heterocycles. The van der Waals surface area contributed by atoms with Gasteiger partial charge in [-0.3, -0.25) is 4.79 Å². The SMILES string of the molecule is O=C(CCNC1CCS(=O)(=O)C1)NCc1ccc(F)cc1. The Morgan fingerprint density at radius 2 is 2.00 bits per heavy atom. The van der Waals surface area contributed by atoms with Crippen molar-refractivity contribution in [3.63, 3.8) is 0 Å². The maximum Gasteiger partial charge on any atom is 0.221 e. The first-order valence-electron chi connectivity index (χ1n) is 6.89. The highest BCUT2D eigenvalue weighted by atomic mass is 32.2. The third kappa shape index (κ3) is 5.43. The Bertz CT molecular complexity index is 587. The standard InChI is InChI=1S/C14H19FN2O3S/c15-12-3-1-11(2-4-12)9-17-14(18)5-7-16-13-6-8-21(19,20)10-13/h1-4,13,16H,5-10H2,(H,17,18). The Labute approximate surface area is 123 Å². The van der Waals surface area contributed by atoms with Gasteiger partial charge in [0.05, 0.1) is 11.5 Å². The van der Waals surface area contributed by atoms with E-state index in [2.05, 4.69) is 10.6 Å². The summed E-state index contributed by atoms with van der Waals surface area (Å²) < 4.78 is 35.3. The average Bonchev–Trinajstić information content (AvgIpc) is 2.78. The minimum Gasteiger partial charge on any atom is -0.352 e. The lowest BCUT2D eigenvalue weighted by Gasteiger charge is -2.10. The van der Waals surface area contributed by atoms with Crippen molar-refractivity contribution in [2.24, 2.45) is 0 Å². The number of hydrogen-bond donors (Lipinski definition) is 2. The van der Waals surface area contributed by atoms with E-state index in [1.165, 1.54) is 12.1 Å². The molecule has 1 saturated heterocycles. The predicted molar refractivity (Wildman–Crippen MR) is 77.9 cm³/mol. The number of halogens is 1. The Balaban J connectivity index is 1.63. The Hall–Kier alpha value is -1.47. The van der Waals surface area contributed by atoms with Gasteiger partial charge in [-0.2, -0.15) is 0 Å². The summed E-state index contributed by atoms with van der Waals surface area (Å²) in [5.41, 5.74) is 0.833. The van der Waals surface area contributed by atoms with Gasteiger partial charge in [-0.15, -0.1) is 0 Å². The first-order chi connectivity index (χ1) is 9.94. The molecule has 0 saturated carbocycles. The summed E-state index contributed by atoms with van der Waals surface area (Å²) in [4.78, 5) is 11.6. The van der Waals surface area contributed by atoms with Crippen LogP contribution in [0.2, 0.25) is 0 Å². The second-order valence-corrected chi connectivity index (χ2v) is 7.44. The molecule has 1 aromatic rings. The average molecular weight is 314 g/mol. The molecule has 2 rings (SSSR count). The zero-order valence-corrected chi connectivity index (χ0v) is 12.5. The van der Waals surface area contributed by atoms with E-state index in [0.29, 0.717) is 19.5 Å². The number of nitrogens with one attached hydrogen (secondary N) is 2. The van der Waals surface area contributed by atoms with Gasteiger partial charge < -0.3 is 10.6 Å². The fourth-order valence-electron chi connectivity index (χ4n) is 2.24. The molecular weight excluding hydrogens is 295 g/mol. The van der Waals surface area contributed by atoms with Crippen molar-refractivity contribution in [1.29, 1.82) is 0 Å². The molecule has 0 aromatic heterocycles. The summed E-state index contributed by atoms with van der Waals surface area (Å²) in [6.45, 7) is 0.812. The van der Waals surface area contributed by atoms with E-state index in [4.69, 9.17) is 0 Å². The van der Waals surface area contributed by atoms with Crippen molar-refractivity contribution in [1.82, 2.24) is 10.6 Å². The van der Waals surface area contributed by atoms with Crippen LogP contribution in [0.4, 0.5) is 4.39 Å². The van der Waals surface area contributed by atoms with Gasteiger partial charge in [-0.1, -0.05) is 12.1 Å². The molecule has 21 heavy (non-hydrogen) atoms. The van der Waals surface area contributed by atoms with E-state index in [-0.39, 0.29) is 35.7 Å². The molecule has 1 unspecified atom stereocenters. The lowest BCUT2D eigenvalue weighted by molar-refractivity contribution is -0.121. The molecule has 5 nitrogen and oxygen atoms in total. The van der Waals surface area contributed by atoms with Crippen LogP contribution in [0.25, 0.3) is 0 Å². The quantitative estimate of drug-likeness (QED) is 0.807. The summed E-state index contributed by atoms with van der Waals surface area (Å²) >= 11 is 0. The molecule has 1 atom stereocenters. The second-order valence-electron chi connectivity index (χ2n) is 5.21. The van der Waals surface area contributed by atoms with Gasteiger partial charge in [0.15, 0.2) is 9.84 Å². The number of amides is 1. The molecular formula is C14H19FN2O3S. The number of sulfone groups is 1. The van der Waals surface area contributed by atoms with Gasteiger partial charge in [-0.05, 0) is 24.1 Å². The topological polar surface area (TPSA) is 75.3 Å². The van der Waals surface area contributed by atoms with Crippen LogP contribution >= 0.6 is 0 Å². The fourth-order valence-corrected chi connectivity index (χ4v) is 3.94. The zero-order chi connectivity index (χ0) is 15.3. The number of carbonyl (C=O) groups excluding carboxylic acids is 1. The van der Waals surface area contributed by atoms with Crippen LogP contribution in [0.1, 0.15) is 18.4 Å². The maximum atomic E-state index is 12.7. The molecule has 1 heterocycles. The summed E-state index contributed by atoms with van der Waals surface area (Å²) in [5.74, 6) is -0.0421. The van der Waals surface area contributed by atoms with Crippen LogP contribution in [0, 0.1) is 5.82 Å². The Kier molecular flexibility index (Phi) is 5.30. The fraction of sp³-hybridized carbons (Fsp3) is 0.500. The minimum atomic E-state index is -2.89. The molecule has 1 fully saturated rings. The third-order valence-corrected chi connectivity index (χ3v) is 5.19. The zero-order valence-electron chi connectivity index (χ0n) is 11.6. The molecule has 0 radical (unpaired) electrons. The monoisotopic (exact) mass is 314 g/mol. The van der Waals surface area contributed by atoms with Gasteiger partial charge in [0.2, 0.25) is 5.91 Å². The molecule has 7 heteroatoms. The van der Waals surface area contributed by atoms with Crippen molar-refractivity contribution >= 4 is 15.7 Å². The van der Waals surface area contributed by atoms with Gasteiger partial charge in [-0.25, -0.2) is 12.8 Å². The maximum absolute atomic E-state index is 12.7. The van der Waals surface area contributed by atoms with Crippen LogP contribution < -0.4 is 10.6 Å². The summed E-state index contributed by atoms with van der Waals surface area (Å²) in [6, 6.07) is 5.90. The molecule has 1 aliphatic rings. The third-order valence-electron chi connectivity index (χ3n) is 3.42. The van der Waals surface area contributed by atoms with E-state index < -0.39 is 9.84 Å². The molecule has 1 amide bonds. The minimum absolute atomic E-state index is 0.0418. The van der Waals surface area contributed by atoms with Crippen molar-refractivity contribution in [2.45, 2.75) is 25.4 Å². The number of rotatable bonds is 6. The van der Waals surface area contributed by atoms with Crippen LogP contribution in [-0.4, -0.2) is 38.4 Å². The van der Waals surface area contributed by atoms with Crippen LogP contribution in [0.15, 0.2) is 24.3 Å². The van der Waals surface area contributed by atoms with Crippen molar-refractivity contribution in [2.75, 3.05) is 18.1 Å². The van der Waals surface area contributed by atoms with Gasteiger partial charge in [0.1, 0.15) is 5.82 Å². The molecule has 0 spiro atoms. The van der Waals surface area contributed by atoms with Crippen molar-refractivity contribution in [3.8, 4) is 0 Å². The smallest absolute Gasteiger partial charge is 0.221 e.